The number of hydrazone groups is 1. The summed E-state index contributed by atoms with van der Waals surface area (Å²) in [5.74, 6) is 6.35. The van der Waals surface area contributed by atoms with Gasteiger partial charge in [0.2, 0.25) is 0 Å². The standard InChI is InChI=1S/C26H31N5O/c27-30-17-22-16-28-19-29-26(22)31-23-12-7-13-24(15-14-23)32-18-25(20-8-3-1-4-9-20)21-10-5-2-6-11-21/h1-6,8-11,16-17,19,23-25H,7,12-15,18,27H2,(H,28,29,31)/b30-17-/t23?,24-/m0/s1. The van der Waals surface area contributed by atoms with Crippen LogP contribution in [0.2, 0.25) is 0 Å². The molecule has 0 bridgehead atoms. The molecule has 6 nitrogen and oxygen atoms in total. The van der Waals surface area contributed by atoms with Crippen molar-refractivity contribution in [1.82, 2.24) is 9.97 Å². The fraction of sp³-hybridized carbons (Fsp3) is 0.346. The van der Waals surface area contributed by atoms with E-state index >= 15 is 0 Å². The van der Waals surface area contributed by atoms with Crippen molar-refractivity contribution >= 4 is 12.0 Å². The molecule has 166 valence electrons. The first-order valence-corrected chi connectivity index (χ1v) is 11.3. The van der Waals surface area contributed by atoms with Gasteiger partial charge in [0.1, 0.15) is 12.1 Å². The Balaban J connectivity index is 1.36. The zero-order chi connectivity index (χ0) is 22.0. The van der Waals surface area contributed by atoms with Crippen LogP contribution in [-0.2, 0) is 4.74 Å². The van der Waals surface area contributed by atoms with Gasteiger partial charge in [0.15, 0.2) is 0 Å². The lowest BCUT2D eigenvalue weighted by Gasteiger charge is -2.23. The summed E-state index contributed by atoms with van der Waals surface area (Å²) in [4.78, 5) is 8.43. The van der Waals surface area contributed by atoms with E-state index in [2.05, 4.69) is 81.0 Å². The Morgan fingerprint density at radius 2 is 1.72 bits per heavy atom. The van der Waals surface area contributed by atoms with Crippen LogP contribution >= 0.6 is 0 Å². The van der Waals surface area contributed by atoms with Crippen LogP contribution in [0.25, 0.3) is 0 Å². The molecule has 6 heteroatoms. The maximum Gasteiger partial charge on any atom is 0.138 e. The second-order valence-corrected chi connectivity index (χ2v) is 8.28. The average Bonchev–Trinajstić information content (AvgIpc) is 3.07. The number of aromatic nitrogens is 2. The number of anilines is 1. The van der Waals surface area contributed by atoms with Crippen LogP contribution in [-0.4, -0.2) is 34.9 Å². The molecule has 1 aliphatic rings. The molecule has 1 unspecified atom stereocenters. The quantitative estimate of drug-likeness (QED) is 0.234. The minimum absolute atomic E-state index is 0.244. The molecule has 0 amide bonds. The molecule has 1 aromatic heterocycles. The summed E-state index contributed by atoms with van der Waals surface area (Å²) >= 11 is 0. The Kier molecular flexibility index (Phi) is 7.82. The fourth-order valence-electron chi connectivity index (χ4n) is 4.40. The minimum atomic E-state index is 0.244. The predicted molar refractivity (Wildman–Crippen MR) is 129 cm³/mol. The van der Waals surface area contributed by atoms with Gasteiger partial charge in [-0.25, -0.2) is 9.97 Å². The molecular formula is C26H31N5O. The van der Waals surface area contributed by atoms with Crippen molar-refractivity contribution in [2.45, 2.75) is 50.2 Å². The normalized spacial score (nSPS) is 19.2. The number of benzene rings is 2. The Bertz CT molecular complexity index is 940. The van der Waals surface area contributed by atoms with E-state index in [1.165, 1.54) is 11.1 Å². The number of nitrogens with zero attached hydrogens (tertiary/aromatic N) is 3. The fourth-order valence-corrected chi connectivity index (χ4v) is 4.40. The highest BCUT2D eigenvalue weighted by Crippen LogP contribution is 2.28. The lowest BCUT2D eigenvalue weighted by molar-refractivity contribution is 0.0385. The maximum absolute atomic E-state index is 6.50. The van der Waals surface area contributed by atoms with E-state index < -0.39 is 0 Å². The van der Waals surface area contributed by atoms with Gasteiger partial charge in [0.05, 0.1) is 24.5 Å². The first-order chi connectivity index (χ1) is 15.8. The first-order valence-electron chi connectivity index (χ1n) is 11.3. The SMILES string of the molecule is N/N=C\c1cncnc1NC1CCC[C@H](OCC(c2ccccc2)c2ccccc2)CC1. The number of rotatable bonds is 8. The van der Waals surface area contributed by atoms with E-state index in [-0.39, 0.29) is 12.0 Å². The van der Waals surface area contributed by atoms with Gasteiger partial charge >= 0.3 is 0 Å². The summed E-state index contributed by atoms with van der Waals surface area (Å²) < 4.78 is 6.50. The molecule has 1 fully saturated rings. The number of ether oxygens (including phenoxy) is 1. The van der Waals surface area contributed by atoms with Crippen LogP contribution in [0.4, 0.5) is 5.82 Å². The molecule has 1 aliphatic carbocycles. The van der Waals surface area contributed by atoms with Crippen molar-refractivity contribution in [2.24, 2.45) is 10.9 Å². The van der Waals surface area contributed by atoms with Gasteiger partial charge in [0, 0.05) is 18.2 Å². The molecule has 1 heterocycles. The van der Waals surface area contributed by atoms with E-state index in [0.29, 0.717) is 12.6 Å². The van der Waals surface area contributed by atoms with Crippen molar-refractivity contribution in [3.63, 3.8) is 0 Å². The molecule has 0 aliphatic heterocycles. The number of hydrogen-bond donors (Lipinski definition) is 2. The monoisotopic (exact) mass is 429 g/mol. The smallest absolute Gasteiger partial charge is 0.138 e. The van der Waals surface area contributed by atoms with E-state index in [1.807, 2.05) is 0 Å². The van der Waals surface area contributed by atoms with Gasteiger partial charge in [-0.2, -0.15) is 5.10 Å². The third-order valence-electron chi connectivity index (χ3n) is 6.11. The highest BCUT2D eigenvalue weighted by Gasteiger charge is 2.22. The van der Waals surface area contributed by atoms with E-state index in [0.717, 1.165) is 43.5 Å². The molecule has 32 heavy (non-hydrogen) atoms. The largest absolute Gasteiger partial charge is 0.377 e. The zero-order valence-electron chi connectivity index (χ0n) is 18.3. The summed E-state index contributed by atoms with van der Waals surface area (Å²) in [6.07, 6.45) is 10.5. The summed E-state index contributed by atoms with van der Waals surface area (Å²) in [5, 5.41) is 7.17. The molecule has 3 N–H and O–H groups in total. The van der Waals surface area contributed by atoms with Gasteiger partial charge in [-0.3, -0.25) is 0 Å². The molecule has 2 atom stereocenters. The van der Waals surface area contributed by atoms with E-state index in [1.54, 1.807) is 18.7 Å². The molecule has 1 saturated carbocycles. The first kappa shape index (κ1) is 22.0. The molecule has 0 saturated heterocycles. The van der Waals surface area contributed by atoms with Gasteiger partial charge in [0.25, 0.3) is 0 Å². The number of hydrogen-bond acceptors (Lipinski definition) is 6. The maximum atomic E-state index is 6.50. The number of nitrogens with two attached hydrogens (primary N) is 1. The van der Waals surface area contributed by atoms with Gasteiger partial charge in [-0.15, -0.1) is 0 Å². The average molecular weight is 430 g/mol. The van der Waals surface area contributed by atoms with E-state index in [9.17, 15) is 0 Å². The van der Waals surface area contributed by atoms with Gasteiger partial charge < -0.3 is 15.9 Å². The second kappa shape index (κ2) is 11.4. The van der Waals surface area contributed by atoms with Gasteiger partial charge in [-0.05, 0) is 43.2 Å². The summed E-state index contributed by atoms with van der Waals surface area (Å²) in [6.45, 7) is 0.694. The van der Waals surface area contributed by atoms with Gasteiger partial charge in [-0.1, -0.05) is 60.7 Å². The lowest BCUT2D eigenvalue weighted by atomic mass is 9.92. The third-order valence-corrected chi connectivity index (χ3v) is 6.11. The molecule has 3 aromatic rings. The zero-order valence-corrected chi connectivity index (χ0v) is 18.3. The van der Waals surface area contributed by atoms with Crippen molar-refractivity contribution in [2.75, 3.05) is 11.9 Å². The highest BCUT2D eigenvalue weighted by atomic mass is 16.5. The predicted octanol–water partition coefficient (Wildman–Crippen LogP) is 4.73. The van der Waals surface area contributed by atoms with Crippen molar-refractivity contribution in [1.29, 1.82) is 0 Å². The molecule has 0 spiro atoms. The van der Waals surface area contributed by atoms with Crippen molar-refractivity contribution < 1.29 is 4.74 Å². The third kappa shape index (κ3) is 5.92. The Morgan fingerprint density at radius 3 is 2.41 bits per heavy atom. The molecule has 0 radical (unpaired) electrons. The number of nitrogens with one attached hydrogen (secondary N) is 1. The summed E-state index contributed by atoms with van der Waals surface area (Å²) in [6, 6.07) is 21.6. The van der Waals surface area contributed by atoms with Crippen molar-refractivity contribution in [3.8, 4) is 0 Å². The van der Waals surface area contributed by atoms with Crippen LogP contribution < -0.4 is 11.2 Å². The summed E-state index contributed by atoms with van der Waals surface area (Å²) in [7, 11) is 0. The molecule has 4 rings (SSSR count). The van der Waals surface area contributed by atoms with E-state index in [4.69, 9.17) is 10.6 Å². The molecule has 2 aromatic carbocycles. The Morgan fingerprint density at radius 1 is 1.00 bits per heavy atom. The van der Waals surface area contributed by atoms with Crippen LogP contribution in [0.1, 0.15) is 54.7 Å². The summed E-state index contributed by atoms with van der Waals surface area (Å²) in [5.41, 5.74) is 3.40. The second-order valence-electron chi connectivity index (χ2n) is 8.28. The van der Waals surface area contributed by atoms with Crippen LogP contribution in [0.15, 0.2) is 78.3 Å². The molecular weight excluding hydrogens is 398 g/mol. The van der Waals surface area contributed by atoms with Crippen LogP contribution in [0.5, 0.6) is 0 Å². The van der Waals surface area contributed by atoms with Crippen LogP contribution in [0, 0.1) is 0 Å². The lowest BCUT2D eigenvalue weighted by Crippen LogP contribution is -2.22. The topological polar surface area (TPSA) is 85.4 Å². The minimum Gasteiger partial charge on any atom is -0.377 e. The highest BCUT2D eigenvalue weighted by molar-refractivity contribution is 5.85. The Labute approximate surface area is 189 Å². The Hall–Kier alpha value is -3.25. The van der Waals surface area contributed by atoms with Crippen LogP contribution in [0.3, 0.4) is 0 Å². The van der Waals surface area contributed by atoms with Crippen molar-refractivity contribution in [3.05, 3.63) is 89.9 Å².